The van der Waals surface area contributed by atoms with E-state index in [0.717, 1.165) is 5.56 Å². The summed E-state index contributed by atoms with van der Waals surface area (Å²) in [4.78, 5) is 29.5. The highest BCUT2D eigenvalue weighted by atomic mass is 19.1. The van der Waals surface area contributed by atoms with Gasteiger partial charge in [0.15, 0.2) is 5.60 Å². The number of phenols is 1. The third kappa shape index (κ3) is 2.51. The fourth-order valence-corrected chi connectivity index (χ4v) is 5.31. The van der Waals surface area contributed by atoms with Gasteiger partial charge in [-0.25, -0.2) is 4.39 Å². The number of hydrogen-bond acceptors (Lipinski definition) is 4. The van der Waals surface area contributed by atoms with Crippen LogP contribution in [0.4, 0.5) is 15.8 Å². The number of para-hydroxylation sites is 1. The van der Waals surface area contributed by atoms with Crippen molar-refractivity contribution in [2.24, 2.45) is 0 Å². The summed E-state index contributed by atoms with van der Waals surface area (Å²) in [5.74, 6) is -1.26. The molecule has 1 spiro atoms. The smallest absolute Gasteiger partial charge is 0.268 e. The molecule has 2 heterocycles. The first-order valence-corrected chi connectivity index (χ1v) is 10.8. The number of carbonyl (C=O) groups excluding carboxylic acids is 2. The van der Waals surface area contributed by atoms with Crippen molar-refractivity contribution in [3.8, 4) is 5.75 Å². The zero-order chi connectivity index (χ0) is 23.1. The van der Waals surface area contributed by atoms with E-state index in [0.29, 0.717) is 35.3 Å². The van der Waals surface area contributed by atoms with Crippen molar-refractivity contribution >= 4 is 23.2 Å². The molecule has 1 fully saturated rings. The number of benzene rings is 3. The molecular formula is C26H21FN2O4. The number of carbonyl (C=O) groups is 2. The number of halogens is 1. The van der Waals surface area contributed by atoms with Crippen LogP contribution in [0.3, 0.4) is 0 Å². The number of nitrogens with zero attached hydrogens (tertiary/aromatic N) is 2. The van der Waals surface area contributed by atoms with E-state index in [2.05, 4.69) is 0 Å². The summed E-state index contributed by atoms with van der Waals surface area (Å²) in [6, 6.07) is 15.8. The minimum Gasteiger partial charge on any atom is -0.507 e. The number of amides is 2. The largest absolute Gasteiger partial charge is 0.507 e. The van der Waals surface area contributed by atoms with Gasteiger partial charge in [-0.15, -0.1) is 0 Å². The minimum absolute atomic E-state index is 0.0304. The van der Waals surface area contributed by atoms with E-state index in [1.54, 1.807) is 49.5 Å². The van der Waals surface area contributed by atoms with E-state index in [1.165, 1.54) is 28.0 Å². The molecular weight excluding hydrogens is 423 g/mol. The summed E-state index contributed by atoms with van der Waals surface area (Å²) in [6.45, 7) is 0.134. The molecule has 7 heteroatoms. The molecule has 3 aromatic carbocycles. The van der Waals surface area contributed by atoms with Crippen LogP contribution in [0.1, 0.15) is 35.1 Å². The zero-order valence-corrected chi connectivity index (χ0v) is 17.9. The molecule has 2 aliphatic heterocycles. The topological polar surface area (TPSA) is 81.1 Å². The Balaban J connectivity index is 1.49. The van der Waals surface area contributed by atoms with E-state index in [1.807, 2.05) is 0 Å². The fourth-order valence-electron chi connectivity index (χ4n) is 5.31. The lowest BCUT2D eigenvalue weighted by atomic mass is 9.84. The summed E-state index contributed by atoms with van der Waals surface area (Å²) in [7, 11) is 1.67. The standard InChI is InChI=1S/C26H21FN2O4/c1-28-21-13-22(30)19(12-18(21)25(10-11-25)23(28)31)26(33)17-4-2-3-5-20(17)29(24(26)32)14-15-6-8-16(27)9-7-15/h2-9,12-13,30,33H,10-11,14H2,1H3. The Morgan fingerprint density at radius 2 is 1.61 bits per heavy atom. The molecule has 33 heavy (non-hydrogen) atoms. The normalized spacial score (nSPS) is 22.2. The highest BCUT2D eigenvalue weighted by molar-refractivity contribution is 6.12. The Bertz CT molecular complexity index is 1350. The first-order valence-electron chi connectivity index (χ1n) is 10.8. The zero-order valence-electron chi connectivity index (χ0n) is 17.9. The SMILES string of the molecule is CN1C(=O)C2(CC2)c2cc(C3(O)C(=O)N(Cc4ccc(F)cc4)c4ccccc43)c(O)cc21. The molecule has 3 aliphatic rings. The quantitative estimate of drug-likeness (QED) is 0.650. The van der Waals surface area contributed by atoms with Gasteiger partial charge in [-0.05, 0) is 48.2 Å². The van der Waals surface area contributed by atoms with Crippen LogP contribution >= 0.6 is 0 Å². The molecule has 6 rings (SSSR count). The molecule has 3 aromatic rings. The lowest BCUT2D eigenvalue weighted by molar-refractivity contribution is -0.132. The Labute approximate surface area is 189 Å². The van der Waals surface area contributed by atoms with Crippen LogP contribution in [0.15, 0.2) is 60.7 Å². The van der Waals surface area contributed by atoms with Crippen molar-refractivity contribution < 1.29 is 24.2 Å². The van der Waals surface area contributed by atoms with Gasteiger partial charge in [0.2, 0.25) is 5.91 Å². The maximum absolute atomic E-state index is 13.7. The lowest BCUT2D eigenvalue weighted by Crippen LogP contribution is -2.41. The van der Waals surface area contributed by atoms with Crippen LogP contribution in [-0.2, 0) is 27.1 Å². The van der Waals surface area contributed by atoms with E-state index in [9.17, 15) is 24.2 Å². The van der Waals surface area contributed by atoms with Gasteiger partial charge < -0.3 is 20.0 Å². The molecule has 0 saturated heterocycles. The Hall–Kier alpha value is -3.71. The predicted octanol–water partition coefficient (Wildman–Crippen LogP) is 3.32. The second kappa shape index (κ2) is 6.42. The number of aromatic hydroxyl groups is 1. The molecule has 0 aromatic heterocycles. The average Bonchev–Trinajstić information content (AvgIpc) is 3.56. The molecule has 1 saturated carbocycles. The van der Waals surface area contributed by atoms with Crippen molar-refractivity contribution in [2.75, 3.05) is 16.8 Å². The first kappa shape index (κ1) is 19.9. The summed E-state index contributed by atoms with van der Waals surface area (Å²) in [6.07, 6.45) is 1.40. The van der Waals surface area contributed by atoms with E-state index < -0.39 is 16.9 Å². The molecule has 0 radical (unpaired) electrons. The Morgan fingerprint density at radius 1 is 0.909 bits per heavy atom. The van der Waals surface area contributed by atoms with E-state index >= 15 is 0 Å². The molecule has 1 unspecified atom stereocenters. The summed E-state index contributed by atoms with van der Waals surface area (Å²) in [5.41, 5.74) is 0.232. The maximum atomic E-state index is 13.7. The van der Waals surface area contributed by atoms with Gasteiger partial charge in [0.1, 0.15) is 11.6 Å². The van der Waals surface area contributed by atoms with Crippen LogP contribution in [0.25, 0.3) is 0 Å². The average molecular weight is 444 g/mol. The van der Waals surface area contributed by atoms with Gasteiger partial charge in [0.05, 0.1) is 23.3 Å². The third-order valence-corrected chi connectivity index (χ3v) is 7.24. The van der Waals surface area contributed by atoms with Gasteiger partial charge in [-0.2, -0.15) is 0 Å². The van der Waals surface area contributed by atoms with Crippen molar-refractivity contribution in [1.82, 2.24) is 0 Å². The summed E-state index contributed by atoms with van der Waals surface area (Å²) in [5, 5.41) is 22.8. The van der Waals surface area contributed by atoms with E-state index in [-0.39, 0.29) is 29.6 Å². The maximum Gasteiger partial charge on any atom is 0.268 e. The van der Waals surface area contributed by atoms with Crippen LogP contribution < -0.4 is 9.80 Å². The van der Waals surface area contributed by atoms with Crippen molar-refractivity contribution in [3.63, 3.8) is 0 Å². The molecule has 6 nitrogen and oxygen atoms in total. The summed E-state index contributed by atoms with van der Waals surface area (Å²) < 4.78 is 13.4. The van der Waals surface area contributed by atoms with Gasteiger partial charge in [0, 0.05) is 24.2 Å². The van der Waals surface area contributed by atoms with Crippen LogP contribution in [0.5, 0.6) is 5.75 Å². The highest BCUT2D eigenvalue weighted by Gasteiger charge is 2.60. The molecule has 2 N–H and O–H groups in total. The number of phenolic OH excluding ortho intramolecular Hbond substituents is 1. The number of anilines is 2. The molecule has 1 aliphatic carbocycles. The third-order valence-electron chi connectivity index (χ3n) is 7.24. The minimum atomic E-state index is -2.12. The number of hydrogen-bond donors (Lipinski definition) is 2. The predicted molar refractivity (Wildman–Crippen MR) is 119 cm³/mol. The van der Waals surface area contributed by atoms with Crippen LogP contribution in [-0.4, -0.2) is 29.1 Å². The highest BCUT2D eigenvalue weighted by Crippen LogP contribution is 2.59. The van der Waals surface area contributed by atoms with Gasteiger partial charge in [-0.3, -0.25) is 9.59 Å². The van der Waals surface area contributed by atoms with Gasteiger partial charge in [0.25, 0.3) is 5.91 Å². The lowest BCUT2D eigenvalue weighted by Gasteiger charge is -2.26. The van der Waals surface area contributed by atoms with Crippen molar-refractivity contribution in [1.29, 1.82) is 0 Å². The molecule has 2 amide bonds. The number of likely N-dealkylation sites (N-methyl/N-ethyl adjacent to an activating group) is 1. The van der Waals surface area contributed by atoms with Gasteiger partial charge >= 0.3 is 0 Å². The Morgan fingerprint density at radius 3 is 2.30 bits per heavy atom. The van der Waals surface area contributed by atoms with Gasteiger partial charge in [-0.1, -0.05) is 30.3 Å². The van der Waals surface area contributed by atoms with E-state index in [4.69, 9.17) is 0 Å². The molecule has 1 atom stereocenters. The first-order chi connectivity index (χ1) is 15.8. The van der Waals surface area contributed by atoms with Crippen molar-refractivity contribution in [2.45, 2.75) is 30.4 Å². The number of rotatable bonds is 3. The van der Waals surface area contributed by atoms with Crippen molar-refractivity contribution in [3.05, 3.63) is 88.7 Å². The summed E-state index contributed by atoms with van der Waals surface area (Å²) >= 11 is 0. The molecule has 166 valence electrons. The monoisotopic (exact) mass is 444 g/mol. The number of aliphatic hydroxyl groups is 1. The molecule has 0 bridgehead atoms. The fraction of sp³-hybridized carbons (Fsp3) is 0.231. The van der Waals surface area contributed by atoms with Crippen LogP contribution in [0, 0.1) is 5.82 Å². The Kier molecular flexibility index (Phi) is 3.88. The van der Waals surface area contributed by atoms with Crippen LogP contribution in [0.2, 0.25) is 0 Å². The second-order valence-corrected chi connectivity index (χ2v) is 9.08. The number of fused-ring (bicyclic) bond motifs is 3. The second-order valence-electron chi connectivity index (χ2n) is 9.08.